The summed E-state index contributed by atoms with van der Waals surface area (Å²) in [5.41, 5.74) is 0.900. The summed E-state index contributed by atoms with van der Waals surface area (Å²) in [5, 5.41) is 4.32. The SMILES string of the molecule is CN1CCCN(C(=O)c2cc3n(n2)CCN(C)C3=O)CC1. The Bertz CT molecular complexity index is 568. The lowest BCUT2D eigenvalue weighted by molar-refractivity contribution is 0.0734. The van der Waals surface area contributed by atoms with E-state index >= 15 is 0 Å². The highest BCUT2D eigenvalue weighted by atomic mass is 16.2. The quantitative estimate of drug-likeness (QED) is 0.715. The van der Waals surface area contributed by atoms with E-state index in [4.69, 9.17) is 0 Å². The smallest absolute Gasteiger partial charge is 0.274 e. The Labute approximate surface area is 124 Å². The van der Waals surface area contributed by atoms with Crippen LogP contribution in [0, 0.1) is 0 Å². The first-order valence-electron chi connectivity index (χ1n) is 7.37. The van der Waals surface area contributed by atoms with E-state index in [2.05, 4.69) is 17.0 Å². The van der Waals surface area contributed by atoms with E-state index in [0.29, 0.717) is 31.0 Å². The molecule has 0 radical (unpaired) electrons. The van der Waals surface area contributed by atoms with Crippen LogP contribution in [-0.2, 0) is 6.54 Å². The maximum absolute atomic E-state index is 12.6. The first kappa shape index (κ1) is 14.1. The summed E-state index contributed by atoms with van der Waals surface area (Å²) in [6, 6.07) is 1.63. The van der Waals surface area contributed by atoms with Crippen LogP contribution in [0.15, 0.2) is 6.07 Å². The van der Waals surface area contributed by atoms with Gasteiger partial charge in [-0.05, 0) is 20.0 Å². The lowest BCUT2D eigenvalue weighted by Gasteiger charge is -2.22. The van der Waals surface area contributed by atoms with E-state index in [1.54, 1.807) is 22.7 Å². The average Bonchev–Trinajstić information content (AvgIpc) is 2.79. The predicted molar refractivity (Wildman–Crippen MR) is 77.2 cm³/mol. The Balaban J connectivity index is 1.79. The zero-order valence-electron chi connectivity index (χ0n) is 12.6. The number of nitrogens with zero attached hydrogens (tertiary/aromatic N) is 5. The number of likely N-dealkylation sites (N-methyl/N-ethyl adjacent to an activating group) is 2. The average molecular weight is 291 g/mol. The first-order valence-corrected chi connectivity index (χ1v) is 7.37. The molecular formula is C14H21N5O2. The molecule has 3 heterocycles. The van der Waals surface area contributed by atoms with Crippen molar-refractivity contribution in [3.8, 4) is 0 Å². The van der Waals surface area contributed by atoms with Gasteiger partial charge in [0, 0.05) is 39.3 Å². The Kier molecular flexibility index (Phi) is 3.67. The van der Waals surface area contributed by atoms with Crippen LogP contribution >= 0.6 is 0 Å². The first-order chi connectivity index (χ1) is 10.1. The molecule has 2 aliphatic rings. The third kappa shape index (κ3) is 2.65. The van der Waals surface area contributed by atoms with Crippen LogP contribution in [0.1, 0.15) is 27.4 Å². The summed E-state index contributed by atoms with van der Waals surface area (Å²) in [7, 11) is 3.84. The molecule has 1 fully saturated rings. The number of rotatable bonds is 1. The van der Waals surface area contributed by atoms with Gasteiger partial charge < -0.3 is 14.7 Å². The number of fused-ring (bicyclic) bond motifs is 1. The lowest BCUT2D eigenvalue weighted by Crippen LogP contribution is -2.37. The highest BCUT2D eigenvalue weighted by Crippen LogP contribution is 2.14. The number of hydrogen-bond donors (Lipinski definition) is 0. The molecule has 1 saturated heterocycles. The number of amides is 2. The molecule has 0 bridgehead atoms. The van der Waals surface area contributed by atoms with Crippen LogP contribution in [0.5, 0.6) is 0 Å². The molecule has 0 aromatic carbocycles. The molecule has 1 aromatic heterocycles. The van der Waals surface area contributed by atoms with Gasteiger partial charge in [0.25, 0.3) is 11.8 Å². The number of carbonyl (C=O) groups excluding carboxylic acids is 2. The molecule has 2 amide bonds. The third-order valence-electron chi connectivity index (χ3n) is 4.22. The Hall–Kier alpha value is -1.89. The van der Waals surface area contributed by atoms with Crippen LogP contribution in [0.4, 0.5) is 0 Å². The number of aromatic nitrogens is 2. The number of carbonyl (C=O) groups is 2. The molecule has 0 atom stereocenters. The van der Waals surface area contributed by atoms with Gasteiger partial charge in [0.15, 0.2) is 5.69 Å². The largest absolute Gasteiger partial charge is 0.339 e. The van der Waals surface area contributed by atoms with Gasteiger partial charge in [0.2, 0.25) is 0 Å². The summed E-state index contributed by atoms with van der Waals surface area (Å²) < 4.78 is 1.65. The van der Waals surface area contributed by atoms with Gasteiger partial charge in [-0.2, -0.15) is 5.10 Å². The van der Waals surface area contributed by atoms with Crippen LogP contribution in [0.25, 0.3) is 0 Å². The van der Waals surface area contributed by atoms with Gasteiger partial charge in [-0.25, -0.2) is 0 Å². The molecule has 114 valence electrons. The normalized spacial score (nSPS) is 20.4. The van der Waals surface area contributed by atoms with E-state index in [1.165, 1.54) is 0 Å². The van der Waals surface area contributed by atoms with Crippen molar-refractivity contribution in [1.82, 2.24) is 24.5 Å². The van der Waals surface area contributed by atoms with Gasteiger partial charge in [-0.15, -0.1) is 0 Å². The van der Waals surface area contributed by atoms with Crippen LogP contribution in [0.2, 0.25) is 0 Å². The van der Waals surface area contributed by atoms with E-state index in [-0.39, 0.29) is 11.8 Å². The van der Waals surface area contributed by atoms with Crippen LogP contribution in [-0.4, -0.2) is 83.1 Å². The highest BCUT2D eigenvalue weighted by molar-refractivity contribution is 5.98. The molecule has 0 spiro atoms. The Morgan fingerprint density at radius 2 is 1.90 bits per heavy atom. The zero-order chi connectivity index (χ0) is 15.0. The van der Waals surface area contributed by atoms with Crippen molar-refractivity contribution >= 4 is 11.8 Å². The second-order valence-corrected chi connectivity index (χ2v) is 5.81. The van der Waals surface area contributed by atoms with Crippen molar-refractivity contribution in [1.29, 1.82) is 0 Å². The second-order valence-electron chi connectivity index (χ2n) is 5.81. The second kappa shape index (κ2) is 5.48. The van der Waals surface area contributed by atoms with Crippen molar-refractivity contribution < 1.29 is 9.59 Å². The summed E-state index contributed by atoms with van der Waals surface area (Å²) in [6.45, 7) is 4.63. The van der Waals surface area contributed by atoms with E-state index in [1.807, 2.05) is 4.90 Å². The lowest BCUT2D eigenvalue weighted by atomic mass is 10.2. The molecule has 7 nitrogen and oxygen atoms in total. The van der Waals surface area contributed by atoms with Gasteiger partial charge in [-0.3, -0.25) is 14.3 Å². The van der Waals surface area contributed by atoms with Gasteiger partial charge >= 0.3 is 0 Å². The Morgan fingerprint density at radius 3 is 2.71 bits per heavy atom. The van der Waals surface area contributed by atoms with Gasteiger partial charge in [-0.1, -0.05) is 0 Å². The standard InChI is InChI=1S/C14H21N5O2/c1-16-4-3-5-18(8-6-16)13(20)11-10-12-14(21)17(2)7-9-19(12)15-11/h10H,3-9H2,1-2H3. The number of hydrogen-bond acceptors (Lipinski definition) is 4. The fourth-order valence-electron chi connectivity index (χ4n) is 2.82. The molecule has 0 aliphatic carbocycles. The molecule has 2 aliphatic heterocycles. The summed E-state index contributed by atoms with van der Waals surface area (Å²) >= 11 is 0. The minimum Gasteiger partial charge on any atom is -0.339 e. The van der Waals surface area contributed by atoms with Crippen molar-refractivity contribution in [2.24, 2.45) is 0 Å². The Morgan fingerprint density at radius 1 is 1.10 bits per heavy atom. The molecule has 0 N–H and O–H groups in total. The van der Waals surface area contributed by atoms with Crippen molar-refractivity contribution in [2.45, 2.75) is 13.0 Å². The molecule has 0 saturated carbocycles. The van der Waals surface area contributed by atoms with E-state index in [9.17, 15) is 9.59 Å². The van der Waals surface area contributed by atoms with Crippen molar-refractivity contribution in [3.05, 3.63) is 17.5 Å². The zero-order valence-corrected chi connectivity index (χ0v) is 12.6. The molecule has 21 heavy (non-hydrogen) atoms. The van der Waals surface area contributed by atoms with Crippen molar-refractivity contribution in [3.63, 3.8) is 0 Å². The monoisotopic (exact) mass is 291 g/mol. The minimum atomic E-state index is -0.0670. The molecule has 7 heteroatoms. The molecular weight excluding hydrogens is 270 g/mol. The van der Waals surface area contributed by atoms with Crippen LogP contribution in [0.3, 0.4) is 0 Å². The fourth-order valence-corrected chi connectivity index (χ4v) is 2.82. The van der Waals surface area contributed by atoms with E-state index in [0.717, 1.165) is 26.1 Å². The molecule has 1 aromatic rings. The summed E-state index contributed by atoms with van der Waals surface area (Å²) in [5.74, 6) is -0.133. The van der Waals surface area contributed by atoms with Crippen molar-refractivity contribution in [2.75, 3.05) is 46.8 Å². The summed E-state index contributed by atoms with van der Waals surface area (Å²) in [4.78, 5) is 30.4. The minimum absolute atomic E-state index is 0.0663. The summed E-state index contributed by atoms with van der Waals surface area (Å²) in [6.07, 6.45) is 0.970. The third-order valence-corrected chi connectivity index (χ3v) is 4.22. The predicted octanol–water partition coefficient (Wildman–Crippen LogP) is -0.254. The van der Waals surface area contributed by atoms with E-state index < -0.39 is 0 Å². The topological polar surface area (TPSA) is 61.7 Å². The van der Waals surface area contributed by atoms with Crippen LogP contribution < -0.4 is 0 Å². The molecule has 3 rings (SSSR count). The van der Waals surface area contributed by atoms with Gasteiger partial charge in [0.1, 0.15) is 5.69 Å². The maximum Gasteiger partial charge on any atom is 0.274 e. The fraction of sp³-hybridized carbons (Fsp3) is 0.643. The maximum atomic E-state index is 12.6. The molecule has 0 unspecified atom stereocenters. The van der Waals surface area contributed by atoms with Gasteiger partial charge in [0.05, 0.1) is 6.54 Å². The highest BCUT2D eigenvalue weighted by Gasteiger charge is 2.28.